The minimum absolute atomic E-state index is 0.679. The summed E-state index contributed by atoms with van der Waals surface area (Å²) in [4.78, 5) is 2.42. The summed E-state index contributed by atoms with van der Waals surface area (Å²) in [5, 5.41) is 0. The molecule has 1 aliphatic heterocycles. The van der Waals surface area contributed by atoms with Crippen LogP contribution in [0, 0.1) is 6.92 Å². The molecule has 1 fully saturated rings. The van der Waals surface area contributed by atoms with Crippen molar-refractivity contribution in [3.63, 3.8) is 0 Å². The van der Waals surface area contributed by atoms with Crippen molar-refractivity contribution in [3.8, 4) is 5.75 Å². The molecule has 1 heterocycles. The highest BCUT2D eigenvalue weighted by Crippen LogP contribution is 2.30. The van der Waals surface area contributed by atoms with Crippen molar-refractivity contribution in [2.45, 2.75) is 32.2 Å². The second-order valence-electron chi connectivity index (χ2n) is 5.05. The maximum atomic E-state index is 5.85. The quantitative estimate of drug-likeness (QED) is 0.868. The molecule has 0 aliphatic carbocycles. The fourth-order valence-electron chi connectivity index (χ4n) is 2.43. The molecule has 2 N–H and O–H groups in total. The van der Waals surface area contributed by atoms with Crippen LogP contribution in [-0.4, -0.2) is 31.1 Å². The molecule has 0 radical (unpaired) electrons. The van der Waals surface area contributed by atoms with E-state index >= 15 is 0 Å². The van der Waals surface area contributed by atoms with E-state index in [1.807, 2.05) is 19.1 Å². The first kappa shape index (κ1) is 13.7. The lowest BCUT2D eigenvalue weighted by atomic mass is 10.1. The number of ether oxygens (including phenoxy) is 1. The molecule has 1 aromatic rings. The average molecular weight is 313 g/mol. The largest absolute Gasteiger partial charge is 0.492 e. The van der Waals surface area contributed by atoms with E-state index in [4.69, 9.17) is 10.5 Å². The predicted molar refractivity (Wildman–Crippen MR) is 79.1 cm³/mol. The van der Waals surface area contributed by atoms with Crippen molar-refractivity contribution in [1.29, 1.82) is 0 Å². The van der Waals surface area contributed by atoms with Crippen molar-refractivity contribution >= 4 is 21.6 Å². The number of anilines is 1. The summed E-state index contributed by atoms with van der Waals surface area (Å²) in [6, 6.07) is 4.59. The van der Waals surface area contributed by atoms with Crippen molar-refractivity contribution in [2.24, 2.45) is 0 Å². The highest BCUT2D eigenvalue weighted by molar-refractivity contribution is 9.10. The smallest absolute Gasteiger partial charge is 0.133 e. The van der Waals surface area contributed by atoms with Gasteiger partial charge >= 0.3 is 0 Å². The molecule has 1 aliphatic rings. The van der Waals surface area contributed by atoms with Crippen LogP contribution in [0.3, 0.4) is 0 Å². The van der Waals surface area contributed by atoms with Gasteiger partial charge in [0.25, 0.3) is 0 Å². The first-order valence-electron chi connectivity index (χ1n) is 6.46. The molecule has 0 saturated carbocycles. The van der Waals surface area contributed by atoms with E-state index in [1.54, 1.807) is 0 Å². The summed E-state index contributed by atoms with van der Waals surface area (Å²) in [7, 11) is 2.20. The van der Waals surface area contributed by atoms with E-state index < -0.39 is 0 Å². The number of nitrogen functional groups attached to an aromatic ring is 1. The summed E-state index contributed by atoms with van der Waals surface area (Å²) in [5.41, 5.74) is 7.70. The fraction of sp³-hybridized carbons (Fsp3) is 0.571. The zero-order valence-electron chi connectivity index (χ0n) is 11.1. The van der Waals surface area contributed by atoms with E-state index in [0.717, 1.165) is 34.5 Å². The van der Waals surface area contributed by atoms with Crippen LogP contribution in [0.25, 0.3) is 0 Å². The molecule has 4 heteroatoms. The summed E-state index contributed by atoms with van der Waals surface area (Å²) < 4.78 is 6.79. The van der Waals surface area contributed by atoms with E-state index in [2.05, 4.69) is 27.9 Å². The van der Waals surface area contributed by atoms with Crippen molar-refractivity contribution in [3.05, 3.63) is 22.2 Å². The Balaban J connectivity index is 1.88. The number of nitrogens with two attached hydrogens (primary N) is 1. The molecule has 0 bridgehead atoms. The van der Waals surface area contributed by atoms with Crippen LogP contribution in [0.1, 0.15) is 24.8 Å². The molecule has 2 rings (SSSR count). The van der Waals surface area contributed by atoms with Crippen LogP contribution < -0.4 is 10.5 Å². The molecular weight excluding hydrogens is 292 g/mol. The highest BCUT2D eigenvalue weighted by atomic mass is 79.9. The minimum Gasteiger partial charge on any atom is -0.492 e. The Labute approximate surface area is 117 Å². The Kier molecular flexibility index (Phi) is 4.51. The number of nitrogens with zero attached hydrogens (tertiary/aromatic N) is 1. The number of aryl methyl sites for hydroxylation is 1. The molecule has 0 spiro atoms. The lowest BCUT2D eigenvalue weighted by molar-refractivity contribution is 0.232. The molecule has 100 valence electrons. The maximum Gasteiger partial charge on any atom is 0.133 e. The van der Waals surface area contributed by atoms with Gasteiger partial charge in [0.2, 0.25) is 0 Å². The molecule has 1 atom stereocenters. The first-order chi connectivity index (χ1) is 8.58. The number of benzene rings is 1. The minimum atomic E-state index is 0.679. The Morgan fingerprint density at radius 3 is 2.94 bits per heavy atom. The first-order valence-corrected chi connectivity index (χ1v) is 7.26. The van der Waals surface area contributed by atoms with E-state index in [0.29, 0.717) is 6.04 Å². The van der Waals surface area contributed by atoms with E-state index in [9.17, 15) is 0 Å². The molecular formula is C14H21BrN2O. The zero-order chi connectivity index (χ0) is 13.1. The molecule has 1 saturated heterocycles. The molecule has 1 aromatic carbocycles. The molecule has 1 unspecified atom stereocenters. The summed E-state index contributed by atoms with van der Waals surface area (Å²) >= 11 is 3.49. The summed E-state index contributed by atoms with van der Waals surface area (Å²) in [6.45, 7) is 3.98. The number of rotatable bonds is 4. The van der Waals surface area contributed by atoms with Gasteiger partial charge in [-0.3, -0.25) is 0 Å². The van der Waals surface area contributed by atoms with Crippen molar-refractivity contribution < 1.29 is 4.74 Å². The average Bonchev–Trinajstić information content (AvgIpc) is 2.72. The lowest BCUT2D eigenvalue weighted by Gasteiger charge is -2.19. The third-order valence-electron chi connectivity index (χ3n) is 3.70. The molecule has 3 nitrogen and oxygen atoms in total. The molecule has 18 heavy (non-hydrogen) atoms. The van der Waals surface area contributed by atoms with Gasteiger partial charge in [-0.25, -0.2) is 0 Å². The van der Waals surface area contributed by atoms with Gasteiger partial charge in [-0.1, -0.05) is 0 Å². The Bertz CT molecular complexity index is 423. The third kappa shape index (κ3) is 3.18. The number of hydrogen-bond acceptors (Lipinski definition) is 3. The topological polar surface area (TPSA) is 38.5 Å². The van der Waals surface area contributed by atoms with Crippen LogP contribution in [0.5, 0.6) is 5.75 Å². The van der Waals surface area contributed by atoms with Gasteiger partial charge < -0.3 is 15.4 Å². The fourth-order valence-corrected chi connectivity index (χ4v) is 2.91. The van der Waals surface area contributed by atoms with Crippen molar-refractivity contribution in [1.82, 2.24) is 4.90 Å². The Morgan fingerprint density at radius 1 is 1.50 bits per heavy atom. The van der Waals surface area contributed by atoms with Gasteiger partial charge in [0.15, 0.2) is 0 Å². The SMILES string of the molecule is Cc1cc(OCCC2CCCN2C)c(Br)cc1N. The van der Waals surface area contributed by atoms with Gasteiger partial charge in [-0.15, -0.1) is 0 Å². The second-order valence-corrected chi connectivity index (χ2v) is 5.91. The van der Waals surface area contributed by atoms with Gasteiger partial charge in [-0.2, -0.15) is 0 Å². The Morgan fingerprint density at radius 2 is 2.28 bits per heavy atom. The van der Waals surface area contributed by atoms with E-state index in [-0.39, 0.29) is 0 Å². The second kappa shape index (κ2) is 5.93. The van der Waals surface area contributed by atoms with Gasteiger partial charge in [0.1, 0.15) is 5.75 Å². The molecule has 0 amide bonds. The van der Waals surface area contributed by atoms with E-state index in [1.165, 1.54) is 19.4 Å². The summed E-state index contributed by atoms with van der Waals surface area (Å²) in [6.07, 6.45) is 3.69. The monoisotopic (exact) mass is 312 g/mol. The van der Waals surface area contributed by atoms with Crippen LogP contribution in [0.15, 0.2) is 16.6 Å². The number of hydrogen-bond donors (Lipinski definition) is 1. The Hall–Kier alpha value is -0.740. The van der Waals surface area contributed by atoms with Gasteiger partial charge in [0.05, 0.1) is 11.1 Å². The van der Waals surface area contributed by atoms with Gasteiger partial charge in [0, 0.05) is 11.7 Å². The van der Waals surface area contributed by atoms with Crippen LogP contribution in [-0.2, 0) is 0 Å². The normalized spacial score (nSPS) is 20.3. The molecule has 0 aromatic heterocycles. The van der Waals surface area contributed by atoms with Crippen molar-refractivity contribution in [2.75, 3.05) is 25.9 Å². The van der Waals surface area contributed by atoms with Crippen LogP contribution in [0.2, 0.25) is 0 Å². The standard InChI is InChI=1S/C14H21BrN2O/c1-10-8-14(12(15)9-13(10)16)18-7-5-11-4-3-6-17(11)2/h8-9,11H,3-7,16H2,1-2H3. The zero-order valence-corrected chi connectivity index (χ0v) is 12.7. The van der Waals surface area contributed by atoms with Gasteiger partial charge in [-0.05, 0) is 73.4 Å². The number of likely N-dealkylation sites (tertiary alicyclic amines) is 1. The van der Waals surface area contributed by atoms with Crippen LogP contribution in [0.4, 0.5) is 5.69 Å². The van der Waals surface area contributed by atoms with Crippen LogP contribution >= 0.6 is 15.9 Å². The number of halogens is 1. The third-order valence-corrected chi connectivity index (χ3v) is 4.32. The predicted octanol–water partition coefficient (Wildman–Crippen LogP) is 3.20. The highest BCUT2D eigenvalue weighted by Gasteiger charge is 2.20. The maximum absolute atomic E-state index is 5.85. The lowest BCUT2D eigenvalue weighted by Crippen LogP contribution is -2.26. The summed E-state index contributed by atoms with van der Waals surface area (Å²) in [5.74, 6) is 0.891.